The maximum atomic E-state index is 12.1. The molecule has 7 heteroatoms. The van der Waals surface area contributed by atoms with Crippen molar-refractivity contribution in [1.82, 2.24) is 20.6 Å². The Labute approximate surface area is 156 Å². The number of hydrazine groups is 1. The fourth-order valence-corrected chi connectivity index (χ4v) is 2.43. The second-order valence-corrected chi connectivity index (χ2v) is 6.06. The molecular weight excluding hydrogens is 344 g/mol. The number of carbonyl (C=O) groups is 2. The zero-order valence-electron chi connectivity index (χ0n) is 15.1. The minimum atomic E-state index is -0.447. The molecule has 2 aromatic carbocycles. The number of benzene rings is 2. The molecule has 2 amide bonds. The Hall–Kier alpha value is -3.61. The van der Waals surface area contributed by atoms with Crippen molar-refractivity contribution in [3.8, 4) is 11.4 Å². The van der Waals surface area contributed by atoms with Gasteiger partial charge in [-0.25, -0.2) is 4.68 Å². The van der Waals surface area contributed by atoms with E-state index in [1.165, 1.54) is 0 Å². The average Bonchev–Trinajstić information content (AvgIpc) is 3.21. The van der Waals surface area contributed by atoms with E-state index in [0.717, 1.165) is 16.8 Å². The van der Waals surface area contributed by atoms with Crippen LogP contribution in [0.5, 0.6) is 5.75 Å². The van der Waals surface area contributed by atoms with Crippen LogP contribution in [-0.4, -0.2) is 28.2 Å². The third kappa shape index (κ3) is 4.72. The molecule has 7 nitrogen and oxygen atoms in total. The van der Waals surface area contributed by atoms with E-state index in [1.807, 2.05) is 44.3 Å². The molecule has 138 valence electrons. The zero-order chi connectivity index (χ0) is 19.2. The van der Waals surface area contributed by atoms with Crippen molar-refractivity contribution < 1.29 is 14.3 Å². The molecule has 0 unspecified atom stereocenters. The highest BCUT2D eigenvalue weighted by Crippen LogP contribution is 2.18. The SMILES string of the molecule is Cc1ccc(C)c(OCC(=O)NNC(=O)c2ccc(-n3cccn3)cc2)c1. The highest BCUT2D eigenvalue weighted by molar-refractivity contribution is 5.95. The van der Waals surface area contributed by atoms with Gasteiger partial charge in [-0.15, -0.1) is 0 Å². The van der Waals surface area contributed by atoms with Crippen molar-refractivity contribution in [3.63, 3.8) is 0 Å². The van der Waals surface area contributed by atoms with Crippen molar-refractivity contribution in [2.24, 2.45) is 0 Å². The lowest BCUT2D eigenvalue weighted by Crippen LogP contribution is -2.43. The number of rotatable bonds is 5. The molecule has 0 atom stereocenters. The van der Waals surface area contributed by atoms with Gasteiger partial charge in [0.05, 0.1) is 5.69 Å². The first-order valence-electron chi connectivity index (χ1n) is 8.42. The molecule has 0 aliphatic carbocycles. The van der Waals surface area contributed by atoms with E-state index in [1.54, 1.807) is 35.1 Å². The molecule has 3 rings (SSSR count). The van der Waals surface area contributed by atoms with Crippen LogP contribution in [0.3, 0.4) is 0 Å². The van der Waals surface area contributed by atoms with Gasteiger partial charge in [0.2, 0.25) is 0 Å². The molecule has 0 aliphatic rings. The predicted octanol–water partition coefficient (Wildman–Crippen LogP) is 2.33. The molecular formula is C20H20N4O3. The van der Waals surface area contributed by atoms with Crippen LogP contribution in [0.15, 0.2) is 60.9 Å². The Morgan fingerprint density at radius 1 is 1.07 bits per heavy atom. The highest BCUT2D eigenvalue weighted by atomic mass is 16.5. The molecule has 3 aromatic rings. The molecule has 0 saturated heterocycles. The molecule has 27 heavy (non-hydrogen) atoms. The van der Waals surface area contributed by atoms with Crippen molar-refractivity contribution in [2.45, 2.75) is 13.8 Å². The van der Waals surface area contributed by atoms with E-state index < -0.39 is 11.8 Å². The van der Waals surface area contributed by atoms with Crippen LogP contribution in [0, 0.1) is 13.8 Å². The van der Waals surface area contributed by atoms with Crippen LogP contribution in [0.2, 0.25) is 0 Å². The summed E-state index contributed by atoms with van der Waals surface area (Å²) in [4.78, 5) is 24.0. The third-order valence-corrected chi connectivity index (χ3v) is 3.92. The van der Waals surface area contributed by atoms with Gasteiger partial charge in [-0.3, -0.25) is 20.4 Å². The van der Waals surface area contributed by atoms with Crippen LogP contribution < -0.4 is 15.6 Å². The number of hydrogen-bond acceptors (Lipinski definition) is 4. The van der Waals surface area contributed by atoms with Crippen LogP contribution in [-0.2, 0) is 4.79 Å². The summed E-state index contributed by atoms with van der Waals surface area (Å²) in [6, 6.07) is 14.4. The molecule has 0 fully saturated rings. The van der Waals surface area contributed by atoms with Crippen LogP contribution >= 0.6 is 0 Å². The Morgan fingerprint density at radius 2 is 1.85 bits per heavy atom. The summed E-state index contributed by atoms with van der Waals surface area (Å²) in [5, 5.41) is 4.12. The molecule has 1 heterocycles. The largest absolute Gasteiger partial charge is 0.483 e. The lowest BCUT2D eigenvalue weighted by atomic mass is 10.1. The number of aryl methyl sites for hydroxylation is 2. The number of ether oxygens (including phenoxy) is 1. The molecule has 0 saturated carbocycles. The van der Waals surface area contributed by atoms with E-state index in [9.17, 15) is 9.59 Å². The van der Waals surface area contributed by atoms with Gasteiger partial charge < -0.3 is 4.74 Å². The summed E-state index contributed by atoms with van der Waals surface area (Å²) in [5.74, 6) is -0.217. The number of carbonyl (C=O) groups excluding carboxylic acids is 2. The predicted molar refractivity (Wildman–Crippen MR) is 101 cm³/mol. The number of aromatic nitrogens is 2. The van der Waals surface area contributed by atoms with Crippen LogP contribution in [0.25, 0.3) is 5.69 Å². The fraction of sp³-hybridized carbons (Fsp3) is 0.150. The molecule has 0 aliphatic heterocycles. The maximum absolute atomic E-state index is 12.1. The van der Waals surface area contributed by atoms with E-state index in [0.29, 0.717) is 11.3 Å². The quantitative estimate of drug-likeness (QED) is 0.681. The Morgan fingerprint density at radius 3 is 2.56 bits per heavy atom. The second kappa shape index (κ2) is 8.18. The Kier molecular flexibility index (Phi) is 5.51. The van der Waals surface area contributed by atoms with E-state index in [2.05, 4.69) is 16.0 Å². The highest BCUT2D eigenvalue weighted by Gasteiger charge is 2.09. The van der Waals surface area contributed by atoms with Gasteiger partial charge in [-0.2, -0.15) is 5.10 Å². The minimum absolute atomic E-state index is 0.192. The van der Waals surface area contributed by atoms with Gasteiger partial charge in [0, 0.05) is 18.0 Å². The van der Waals surface area contributed by atoms with Crippen molar-refractivity contribution >= 4 is 11.8 Å². The summed E-state index contributed by atoms with van der Waals surface area (Å²) in [5.41, 5.74) is 7.96. The van der Waals surface area contributed by atoms with E-state index in [4.69, 9.17) is 4.74 Å². The van der Waals surface area contributed by atoms with Crippen molar-refractivity contribution in [1.29, 1.82) is 0 Å². The number of hydrogen-bond donors (Lipinski definition) is 2. The van der Waals surface area contributed by atoms with Gasteiger partial charge in [0.15, 0.2) is 6.61 Å². The van der Waals surface area contributed by atoms with Crippen molar-refractivity contribution in [3.05, 3.63) is 77.6 Å². The second-order valence-electron chi connectivity index (χ2n) is 6.06. The van der Waals surface area contributed by atoms with E-state index >= 15 is 0 Å². The molecule has 2 N–H and O–H groups in total. The summed E-state index contributed by atoms with van der Waals surface area (Å²) in [6.07, 6.45) is 3.49. The maximum Gasteiger partial charge on any atom is 0.276 e. The summed E-state index contributed by atoms with van der Waals surface area (Å²) >= 11 is 0. The number of nitrogens with one attached hydrogen (secondary N) is 2. The summed E-state index contributed by atoms with van der Waals surface area (Å²) in [6.45, 7) is 3.66. The van der Waals surface area contributed by atoms with Gasteiger partial charge in [-0.1, -0.05) is 12.1 Å². The first-order valence-corrected chi connectivity index (χ1v) is 8.42. The first kappa shape index (κ1) is 18.2. The number of nitrogens with zero attached hydrogens (tertiary/aromatic N) is 2. The number of amides is 2. The van der Waals surface area contributed by atoms with Crippen LogP contribution in [0.4, 0.5) is 0 Å². The standard InChI is InChI=1S/C20H20N4O3/c1-14-4-5-15(2)18(12-14)27-13-19(25)22-23-20(26)16-6-8-17(9-7-16)24-11-3-10-21-24/h3-12H,13H2,1-2H3,(H,22,25)(H,23,26). The van der Waals surface area contributed by atoms with Gasteiger partial charge in [0.25, 0.3) is 11.8 Å². The van der Waals surface area contributed by atoms with Gasteiger partial charge >= 0.3 is 0 Å². The Bertz CT molecular complexity index is 934. The lowest BCUT2D eigenvalue weighted by Gasteiger charge is -2.11. The molecule has 0 spiro atoms. The normalized spacial score (nSPS) is 10.3. The lowest BCUT2D eigenvalue weighted by molar-refractivity contribution is -0.123. The average molecular weight is 364 g/mol. The monoisotopic (exact) mass is 364 g/mol. The van der Waals surface area contributed by atoms with Crippen molar-refractivity contribution in [2.75, 3.05) is 6.61 Å². The Balaban J connectivity index is 1.49. The molecule has 1 aromatic heterocycles. The van der Waals surface area contributed by atoms with Gasteiger partial charge in [-0.05, 0) is 61.4 Å². The topological polar surface area (TPSA) is 85.3 Å². The smallest absolute Gasteiger partial charge is 0.276 e. The molecule has 0 radical (unpaired) electrons. The fourth-order valence-electron chi connectivity index (χ4n) is 2.43. The summed E-state index contributed by atoms with van der Waals surface area (Å²) in [7, 11) is 0. The minimum Gasteiger partial charge on any atom is -0.483 e. The molecule has 0 bridgehead atoms. The van der Waals surface area contributed by atoms with Gasteiger partial charge in [0.1, 0.15) is 5.75 Å². The first-order chi connectivity index (χ1) is 13.0. The van der Waals surface area contributed by atoms with E-state index in [-0.39, 0.29) is 6.61 Å². The third-order valence-electron chi connectivity index (χ3n) is 3.92. The van der Waals surface area contributed by atoms with Crippen LogP contribution in [0.1, 0.15) is 21.5 Å². The zero-order valence-corrected chi connectivity index (χ0v) is 15.1. The summed E-state index contributed by atoms with van der Waals surface area (Å²) < 4.78 is 7.19.